The Kier molecular flexibility index (Phi) is 11.8. The molecule has 0 spiro atoms. The number of amides is 3. The predicted octanol–water partition coefficient (Wildman–Crippen LogP) is 10.2. The molecule has 2 unspecified atom stereocenters. The third-order valence-corrected chi connectivity index (χ3v) is 12.7. The largest absolute Gasteiger partial charge is 0.465 e. The van der Waals surface area contributed by atoms with Crippen molar-refractivity contribution in [1.82, 2.24) is 10.3 Å². The summed E-state index contributed by atoms with van der Waals surface area (Å²) in [5, 5.41) is 9.55. The predicted molar refractivity (Wildman–Crippen MR) is 236 cm³/mol. The summed E-state index contributed by atoms with van der Waals surface area (Å²) in [6.45, 7) is 0. The maximum absolute atomic E-state index is 14.4. The number of thiophene rings is 1. The summed E-state index contributed by atoms with van der Waals surface area (Å²) in [6, 6.07) is 43.5. The minimum atomic E-state index is -0.716. The molecule has 59 heavy (non-hydrogen) atoms. The molecule has 3 amide bonds. The SMILES string of the molecule is COC(=O)c1c(NC(=O)C(Sc2cccc(NC(=O)/C(=C/c3c[nH]c4ccccc34)NC(=O)c3ccccc3)c2)c2ccccc2)sc2c1CCC(c1ccccc1)C2. The third kappa shape index (κ3) is 8.91. The summed E-state index contributed by atoms with van der Waals surface area (Å²) < 4.78 is 5.24. The van der Waals surface area contributed by atoms with Gasteiger partial charge in [0.05, 0.1) is 12.7 Å². The van der Waals surface area contributed by atoms with Crippen LogP contribution in [-0.2, 0) is 27.2 Å². The van der Waals surface area contributed by atoms with E-state index in [9.17, 15) is 19.2 Å². The van der Waals surface area contributed by atoms with Crippen molar-refractivity contribution in [3.05, 3.63) is 190 Å². The lowest BCUT2D eigenvalue weighted by atomic mass is 9.83. The van der Waals surface area contributed by atoms with E-state index in [-0.39, 0.29) is 11.6 Å². The lowest BCUT2D eigenvalue weighted by molar-refractivity contribution is -0.116. The number of para-hydroxylation sites is 1. The summed E-state index contributed by atoms with van der Waals surface area (Å²) in [6.07, 6.45) is 5.81. The molecule has 0 bridgehead atoms. The number of hydrogen-bond acceptors (Lipinski definition) is 7. The van der Waals surface area contributed by atoms with Gasteiger partial charge in [-0.15, -0.1) is 23.1 Å². The fourth-order valence-corrected chi connectivity index (χ4v) is 9.77. The van der Waals surface area contributed by atoms with Gasteiger partial charge in [0.1, 0.15) is 15.9 Å². The van der Waals surface area contributed by atoms with E-state index in [2.05, 4.69) is 33.1 Å². The molecule has 1 aliphatic carbocycles. The number of aromatic amines is 1. The van der Waals surface area contributed by atoms with Crippen LogP contribution in [0.25, 0.3) is 17.0 Å². The topological polar surface area (TPSA) is 129 Å². The number of thioether (sulfide) groups is 1. The molecular formula is C48H40N4O5S2. The Balaban J connectivity index is 1.05. The van der Waals surface area contributed by atoms with E-state index in [0.717, 1.165) is 45.3 Å². The Morgan fingerprint density at radius 2 is 1.54 bits per heavy atom. The van der Waals surface area contributed by atoms with Gasteiger partial charge in [-0.3, -0.25) is 14.4 Å². The normalized spacial score (nSPS) is 14.2. The highest BCUT2D eigenvalue weighted by Crippen LogP contribution is 2.44. The second-order valence-electron chi connectivity index (χ2n) is 14.1. The Bertz CT molecular complexity index is 2670. The monoisotopic (exact) mass is 816 g/mol. The van der Waals surface area contributed by atoms with Gasteiger partial charge in [-0.2, -0.15) is 0 Å². The molecular weight excluding hydrogens is 777 g/mol. The standard InChI is InChI=1S/C48H40N4O5S2/c1-57-48(56)42-38-25-24-33(30-14-5-2-6-15-30)27-41(38)59-47(42)52-46(55)43(31-16-7-3-8-17-31)58-36-21-13-20-35(28-36)50-45(54)40(51-44(53)32-18-9-4-10-19-32)26-34-29-49-39-23-12-11-22-37(34)39/h2-23,26,28-29,33,43,49H,24-25,27H2,1H3,(H,50,54)(H,51,53)(H,52,55)/b40-26-. The van der Waals surface area contributed by atoms with Crippen LogP contribution in [0.4, 0.5) is 10.7 Å². The van der Waals surface area contributed by atoms with Crippen LogP contribution in [0.2, 0.25) is 0 Å². The van der Waals surface area contributed by atoms with Crippen molar-refractivity contribution in [2.24, 2.45) is 0 Å². The first kappa shape index (κ1) is 39.2. The number of rotatable bonds is 12. The molecule has 2 aromatic heterocycles. The van der Waals surface area contributed by atoms with Crippen LogP contribution in [-0.4, -0.2) is 35.8 Å². The quantitative estimate of drug-likeness (QED) is 0.0552. The van der Waals surface area contributed by atoms with E-state index in [0.29, 0.717) is 39.0 Å². The maximum atomic E-state index is 14.4. The number of methoxy groups -OCH3 is 1. The average Bonchev–Trinajstić information content (AvgIpc) is 3.86. The van der Waals surface area contributed by atoms with Crippen molar-refractivity contribution >= 4 is 74.5 Å². The van der Waals surface area contributed by atoms with E-state index >= 15 is 0 Å². The first-order valence-corrected chi connectivity index (χ1v) is 20.9. The number of aromatic nitrogens is 1. The Morgan fingerprint density at radius 1 is 0.831 bits per heavy atom. The second kappa shape index (κ2) is 17.8. The Labute approximate surface area is 349 Å². The zero-order valence-corrected chi connectivity index (χ0v) is 33.7. The van der Waals surface area contributed by atoms with Crippen LogP contribution in [0.1, 0.15) is 65.4 Å². The van der Waals surface area contributed by atoms with Crippen LogP contribution in [0.5, 0.6) is 0 Å². The molecule has 0 saturated heterocycles. The highest BCUT2D eigenvalue weighted by Gasteiger charge is 2.32. The molecule has 8 rings (SSSR count). The van der Waals surface area contributed by atoms with Gasteiger partial charge in [0.2, 0.25) is 5.91 Å². The average molecular weight is 817 g/mol. The van der Waals surface area contributed by atoms with E-state index < -0.39 is 23.0 Å². The van der Waals surface area contributed by atoms with Crippen molar-refractivity contribution in [2.75, 3.05) is 17.7 Å². The number of esters is 1. The summed E-state index contributed by atoms with van der Waals surface area (Å²) in [5.41, 5.74) is 5.95. The molecule has 0 aliphatic heterocycles. The fourth-order valence-electron chi connectivity index (χ4n) is 7.37. The van der Waals surface area contributed by atoms with E-state index in [4.69, 9.17) is 4.74 Å². The molecule has 4 N–H and O–H groups in total. The van der Waals surface area contributed by atoms with Crippen molar-refractivity contribution in [3.8, 4) is 0 Å². The first-order valence-electron chi connectivity index (χ1n) is 19.2. The molecule has 7 aromatic rings. The van der Waals surface area contributed by atoms with Crippen LogP contribution in [0.15, 0.2) is 156 Å². The van der Waals surface area contributed by atoms with E-state index in [1.54, 1.807) is 54.7 Å². The highest BCUT2D eigenvalue weighted by molar-refractivity contribution is 8.00. The van der Waals surface area contributed by atoms with Crippen LogP contribution >= 0.6 is 23.1 Å². The summed E-state index contributed by atoms with van der Waals surface area (Å²) in [5.74, 6) is -1.40. The Morgan fingerprint density at radius 3 is 2.31 bits per heavy atom. The molecule has 2 atom stereocenters. The minimum Gasteiger partial charge on any atom is -0.465 e. The van der Waals surface area contributed by atoms with E-state index in [1.165, 1.54) is 35.8 Å². The number of carbonyl (C=O) groups excluding carboxylic acids is 4. The third-order valence-electron chi connectivity index (χ3n) is 10.3. The molecule has 0 saturated carbocycles. The van der Waals surface area contributed by atoms with Crippen molar-refractivity contribution in [3.63, 3.8) is 0 Å². The van der Waals surface area contributed by atoms with E-state index in [1.807, 2.05) is 84.9 Å². The molecule has 0 fully saturated rings. The zero-order valence-electron chi connectivity index (χ0n) is 32.1. The summed E-state index contributed by atoms with van der Waals surface area (Å²) in [7, 11) is 1.36. The van der Waals surface area contributed by atoms with Gasteiger partial charge in [0, 0.05) is 43.7 Å². The molecule has 11 heteroatoms. The molecule has 1 aliphatic rings. The smallest absolute Gasteiger partial charge is 0.341 e. The van der Waals surface area contributed by atoms with Gasteiger partial charge in [-0.1, -0.05) is 103 Å². The first-order chi connectivity index (χ1) is 28.8. The maximum Gasteiger partial charge on any atom is 0.341 e. The number of fused-ring (bicyclic) bond motifs is 2. The van der Waals surface area contributed by atoms with Crippen molar-refractivity contribution < 1.29 is 23.9 Å². The van der Waals surface area contributed by atoms with Gasteiger partial charge in [-0.05, 0) is 84.3 Å². The molecule has 5 aromatic carbocycles. The molecule has 294 valence electrons. The number of nitrogens with one attached hydrogen (secondary N) is 4. The van der Waals surface area contributed by atoms with Crippen molar-refractivity contribution in [1.29, 1.82) is 0 Å². The molecule has 9 nitrogen and oxygen atoms in total. The lowest BCUT2D eigenvalue weighted by Crippen LogP contribution is -2.30. The molecule has 2 heterocycles. The lowest BCUT2D eigenvalue weighted by Gasteiger charge is -2.22. The Hall–Kier alpha value is -6.69. The number of benzene rings is 5. The number of hydrogen-bond donors (Lipinski definition) is 4. The van der Waals surface area contributed by atoms with Crippen LogP contribution < -0.4 is 16.0 Å². The summed E-state index contributed by atoms with van der Waals surface area (Å²) in [4.78, 5) is 60.0. The summed E-state index contributed by atoms with van der Waals surface area (Å²) >= 11 is 2.76. The number of H-pyrrole nitrogens is 1. The second-order valence-corrected chi connectivity index (χ2v) is 16.4. The fraction of sp³-hybridized carbons (Fsp3) is 0.125. The van der Waals surface area contributed by atoms with Gasteiger partial charge in [0.15, 0.2) is 0 Å². The minimum absolute atomic E-state index is 0.0540. The van der Waals surface area contributed by atoms with Crippen LogP contribution in [0.3, 0.4) is 0 Å². The molecule has 0 radical (unpaired) electrons. The number of anilines is 2. The van der Waals surface area contributed by atoms with Gasteiger partial charge >= 0.3 is 5.97 Å². The number of ether oxygens (including phenoxy) is 1. The van der Waals surface area contributed by atoms with Gasteiger partial charge in [-0.25, -0.2) is 4.79 Å². The highest BCUT2D eigenvalue weighted by atomic mass is 32.2. The number of carbonyl (C=O) groups is 4. The van der Waals surface area contributed by atoms with Crippen LogP contribution in [0, 0.1) is 0 Å². The van der Waals surface area contributed by atoms with Crippen molar-refractivity contribution in [2.45, 2.75) is 35.3 Å². The van der Waals surface area contributed by atoms with Gasteiger partial charge < -0.3 is 25.7 Å². The zero-order chi connectivity index (χ0) is 40.7. The van der Waals surface area contributed by atoms with Gasteiger partial charge in [0.25, 0.3) is 11.8 Å².